The molecule has 0 radical (unpaired) electrons. The molecule has 4 bridgehead atoms. The van der Waals surface area contributed by atoms with Gasteiger partial charge in [0, 0.05) is 0 Å². The number of carboxylic acids is 1. The average Bonchev–Trinajstić information content (AvgIpc) is 2.72. The van der Waals surface area contributed by atoms with E-state index in [2.05, 4.69) is 30.4 Å². The van der Waals surface area contributed by atoms with Crippen LogP contribution in [-0.4, -0.2) is 11.1 Å². The maximum absolute atomic E-state index is 11.2. The second-order valence-corrected chi connectivity index (χ2v) is 10.1. The van der Waals surface area contributed by atoms with Crippen molar-refractivity contribution in [2.75, 3.05) is 0 Å². The van der Waals surface area contributed by atoms with E-state index in [0.717, 1.165) is 34.9 Å². The number of aromatic carboxylic acids is 1. The Morgan fingerprint density at radius 1 is 0.897 bits per heavy atom. The van der Waals surface area contributed by atoms with Crippen LogP contribution in [0.4, 0.5) is 0 Å². The van der Waals surface area contributed by atoms with Crippen LogP contribution in [0.5, 0.6) is 0 Å². The number of allylic oxidation sites excluding steroid dienone is 4. The molecule has 0 spiro atoms. The van der Waals surface area contributed by atoms with Crippen LogP contribution in [0, 0.1) is 23.2 Å². The smallest absolute Gasteiger partial charge is 0.335 e. The largest absolute Gasteiger partial charge is 0.478 e. The molecule has 2 aromatic carbocycles. The first kappa shape index (κ1) is 17.5. The number of benzene rings is 2. The summed E-state index contributed by atoms with van der Waals surface area (Å²) < 4.78 is 0. The number of rotatable bonds is 3. The van der Waals surface area contributed by atoms with Crippen molar-refractivity contribution in [1.82, 2.24) is 0 Å². The van der Waals surface area contributed by atoms with Gasteiger partial charge < -0.3 is 5.11 Å². The SMILES string of the molecule is O=C(O)c1ccc2cc(C3=CCCC(C45CC6CC(CC(C6)C4)C5)=C3)ccc2c1. The number of hydrogen-bond donors (Lipinski definition) is 1. The first-order chi connectivity index (χ1) is 14.1. The quantitative estimate of drug-likeness (QED) is 0.628. The minimum Gasteiger partial charge on any atom is -0.478 e. The fourth-order valence-corrected chi connectivity index (χ4v) is 7.38. The van der Waals surface area contributed by atoms with Gasteiger partial charge in [0.25, 0.3) is 0 Å². The Hall–Kier alpha value is -2.35. The van der Waals surface area contributed by atoms with Gasteiger partial charge in [-0.25, -0.2) is 4.79 Å². The van der Waals surface area contributed by atoms with E-state index >= 15 is 0 Å². The first-order valence-corrected chi connectivity index (χ1v) is 11.3. The second kappa shape index (κ2) is 6.32. The highest BCUT2D eigenvalue weighted by Crippen LogP contribution is 2.63. The molecule has 0 unspecified atom stereocenters. The Balaban J connectivity index is 1.34. The lowest BCUT2D eigenvalue weighted by molar-refractivity contribution is -0.0321. The van der Waals surface area contributed by atoms with E-state index in [1.807, 2.05) is 6.07 Å². The summed E-state index contributed by atoms with van der Waals surface area (Å²) in [5, 5.41) is 11.3. The number of carboxylic acid groups (broad SMARTS) is 1. The van der Waals surface area contributed by atoms with Gasteiger partial charge >= 0.3 is 5.97 Å². The van der Waals surface area contributed by atoms with Crippen molar-refractivity contribution < 1.29 is 9.90 Å². The van der Waals surface area contributed by atoms with Gasteiger partial charge in [-0.15, -0.1) is 0 Å². The van der Waals surface area contributed by atoms with E-state index in [0.29, 0.717) is 11.0 Å². The standard InChI is InChI=1S/C27H28O2/c28-26(29)24-7-6-22-11-21(4-5-23(22)12-24)20-2-1-3-25(13-20)27-14-17-8-18(15-27)10-19(9-17)16-27/h2,4-7,11-13,17-19H,1,3,8-10,14-16H2,(H,28,29). The minimum absolute atomic E-state index is 0.353. The van der Waals surface area contributed by atoms with Crippen LogP contribution in [0.3, 0.4) is 0 Å². The molecule has 0 aromatic heterocycles. The lowest BCUT2D eigenvalue weighted by Gasteiger charge is -2.58. The van der Waals surface area contributed by atoms with Gasteiger partial charge in [0.05, 0.1) is 5.56 Å². The zero-order valence-electron chi connectivity index (χ0n) is 16.9. The van der Waals surface area contributed by atoms with Crippen LogP contribution in [0.2, 0.25) is 0 Å². The zero-order valence-corrected chi connectivity index (χ0v) is 16.9. The van der Waals surface area contributed by atoms with Crippen molar-refractivity contribution in [3.63, 3.8) is 0 Å². The summed E-state index contributed by atoms with van der Waals surface area (Å²) in [6.45, 7) is 0. The third kappa shape index (κ3) is 2.87. The highest BCUT2D eigenvalue weighted by molar-refractivity contribution is 5.95. The van der Waals surface area contributed by atoms with Gasteiger partial charge in [-0.05, 0) is 115 Å². The van der Waals surface area contributed by atoms with E-state index in [4.69, 9.17) is 0 Å². The Bertz CT molecular complexity index is 1040. The van der Waals surface area contributed by atoms with E-state index < -0.39 is 5.97 Å². The minimum atomic E-state index is -0.867. The normalized spacial score (nSPS) is 32.9. The van der Waals surface area contributed by atoms with E-state index in [1.54, 1.807) is 17.7 Å². The summed E-state index contributed by atoms with van der Waals surface area (Å²) in [6, 6.07) is 11.9. The maximum atomic E-state index is 11.2. The molecular formula is C27H28O2. The second-order valence-electron chi connectivity index (χ2n) is 10.1. The first-order valence-electron chi connectivity index (χ1n) is 11.3. The molecule has 0 atom stereocenters. The van der Waals surface area contributed by atoms with Crippen LogP contribution < -0.4 is 0 Å². The van der Waals surface area contributed by atoms with Crippen molar-refractivity contribution in [1.29, 1.82) is 0 Å². The van der Waals surface area contributed by atoms with Gasteiger partial charge in [0.1, 0.15) is 0 Å². The zero-order chi connectivity index (χ0) is 19.6. The molecule has 2 heteroatoms. The predicted molar refractivity (Wildman–Crippen MR) is 117 cm³/mol. The van der Waals surface area contributed by atoms with Gasteiger partial charge in [0.15, 0.2) is 0 Å². The van der Waals surface area contributed by atoms with Crippen LogP contribution in [0.15, 0.2) is 54.1 Å². The molecule has 148 valence electrons. The van der Waals surface area contributed by atoms with Crippen molar-refractivity contribution in [2.24, 2.45) is 23.2 Å². The van der Waals surface area contributed by atoms with Crippen molar-refractivity contribution >= 4 is 22.3 Å². The summed E-state index contributed by atoms with van der Waals surface area (Å²) >= 11 is 0. The predicted octanol–water partition coefficient (Wildman–Crippen LogP) is 6.86. The Morgan fingerprint density at radius 3 is 2.24 bits per heavy atom. The molecule has 5 aliphatic rings. The average molecular weight is 385 g/mol. The molecule has 1 N–H and O–H groups in total. The summed E-state index contributed by atoms with van der Waals surface area (Å²) in [5.74, 6) is 2.09. The molecule has 7 rings (SSSR count). The summed E-state index contributed by atoms with van der Waals surface area (Å²) in [5.41, 5.74) is 5.22. The Labute approximate surface area is 172 Å². The summed E-state index contributed by atoms with van der Waals surface area (Å²) in [7, 11) is 0. The molecule has 0 saturated heterocycles. The highest BCUT2D eigenvalue weighted by atomic mass is 16.4. The van der Waals surface area contributed by atoms with E-state index in [9.17, 15) is 9.90 Å². The molecule has 5 aliphatic carbocycles. The molecule has 0 heterocycles. The summed E-state index contributed by atoms with van der Waals surface area (Å²) in [6.07, 6.45) is 16.1. The van der Waals surface area contributed by atoms with Gasteiger partial charge in [-0.1, -0.05) is 35.9 Å². The third-order valence-electron chi connectivity index (χ3n) is 8.25. The number of fused-ring (bicyclic) bond motifs is 1. The van der Waals surface area contributed by atoms with E-state index in [1.165, 1.54) is 56.1 Å². The number of carbonyl (C=O) groups is 1. The molecular weight excluding hydrogens is 356 g/mol. The monoisotopic (exact) mass is 384 g/mol. The highest BCUT2D eigenvalue weighted by Gasteiger charge is 2.52. The molecule has 4 fully saturated rings. The van der Waals surface area contributed by atoms with Crippen LogP contribution in [0.25, 0.3) is 16.3 Å². The Morgan fingerprint density at radius 2 is 1.55 bits per heavy atom. The van der Waals surface area contributed by atoms with Gasteiger partial charge in [0.2, 0.25) is 0 Å². The maximum Gasteiger partial charge on any atom is 0.335 e. The van der Waals surface area contributed by atoms with Crippen molar-refractivity contribution in [3.8, 4) is 0 Å². The third-order valence-corrected chi connectivity index (χ3v) is 8.25. The summed E-state index contributed by atoms with van der Waals surface area (Å²) in [4.78, 5) is 11.2. The van der Waals surface area contributed by atoms with Gasteiger partial charge in [-0.2, -0.15) is 0 Å². The van der Waals surface area contributed by atoms with Crippen LogP contribution in [0.1, 0.15) is 67.3 Å². The molecule has 29 heavy (non-hydrogen) atoms. The fourth-order valence-electron chi connectivity index (χ4n) is 7.38. The lowest BCUT2D eigenvalue weighted by atomic mass is 9.47. The van der Waals surface area contributed by atoms with Crippen molar-refractivity contribution in [2.45, 2.75) is 51.4 Å². The van der Waals surface area contributed by atoms with Crippen LogP contribution >= 0.6 is 0 Å². The Kier molecular flexibility index (Phi) is 3.82. The van der Waals surface area contributed by atoms with Gasteiger partial charge in [-0.3, -0.25) is 0 Å². The number of hydrogen-bond acceptors (Lipinski definition) is 1. The van der Waals surface area contributed by atoms with E-state index in [-0.39, 0.29) is 0 Å². The molecule has 0 amide bonds. The molecule has 2 nitrogen and oxygen atoms in total. The molecule has 4 saturated carbocycles. The molecule has 0 aliphatic heterocycles. The fraction of sp³-hybridized carbons (Fsp3) is 0.444. The molecule has 2 aromatic rings. The van der Waals surface area contributed by atoms with Crippen molar-refractivity contribution in [3.05, 3.63) is 65.3 Å². The lowest BCUT2D eigenvalue weighted by Crippen LogP contribution is -2.47. The topological polar surface area (TPSA) is 37.3 Å². The van der Waals surface area contributed by atoms with Crippen LogP contribution in [-0.2, 0) is 0 Å².